The summed E-state index contributed by atoms with van der Waals surface area (Å²) in [4.78, 5) is 4.57. The molecule has 0 bridgehead atoms. The Morgan fingerprint density at radius 3 is 2.69 bits per heavy atom. The Balaban J connectivity index is 2.07. The number of anilines is 1. The Labute approximate surface area is 101 Å². The Kier molecular flexibility index (Phi) is 3.10. The van der Waals surface area contributed by atoms with E-state index in [0.29, 0.717) is 16.2 Å². The zero-order valence-electron chi connectivity index (χ0n) is 9.49. The predicted molar refractivity (Wildman–Crippen MR) is 70.6 cm³/mol. The van der Waals surface area contributed by atoms with Crippen LogP contribution in [0.1, 0.15) is 38.3 Å². The third kappa shape index (κ3) is 2.16. The first-order valence-electron chi connectivity index (χ1n) is 5.69. The van der Waals surface area contributed by atoms with Crippen LogP contribution in [-0.2, 0) is 0 Å². The highest BCUT2D eigenvalue weighted by atomic mass is 32.1. The Morgan fingerprint density at radius 2 is 2.31 bits per heavy atom. The second-order valence-electron chi connectivity index (χ2n) is 4.41. The van der Waals surface area contributed by atoms with E-state index in [1.54, 1.807) is 0 Å². The molecule has 0 unspecified atom stereocenters. The SMILES string of the molecule is CCC1(Nc2ccc(C(N)=S)nc2)CCC1. The highest BCUT2D eigenvalue weighted by molar-refractivity contribution is 7.80. The van der Waals surface area contributed by atoms with Crippen molar-refractivity contribution in [1.29, 1.82) is 0 Å². The predicted octanol–water partition coefficient (Wildman–Crippen LogP) is 2.46. The van der Waals surface area contributed by atoms with E-state index in [9.17, 15) is 0 Å². The molecule has 4 heteroatoms. The van der Waals surface area contributed by atoms with Crippen molar-refractivity contribution in [3.05, 3.63) is 24.0 Å². The smallest absolute Gasteiger partial charge is 0.122 e. The summed E-state index contributed by atoms with van der Waals surface area (Å²) in [7, 11) is 0. The second-order valence-corrected chi connectivity index (χ2v) is 4.85. The molecule has 1 fully saturated rings. The fourth-order valence-corrected chi connectivity index (χ4v) is 2.21. The summed E-state index contributed by atoms with van der Waals surface area (Å²) in [5, 5.41) is 3.56. The monoisotopic (exact) mass is 235 g/mol. The molecule has 0 aromatic carbocycles. The third-order valence-electron chi connectivity index (χ3n) is 3.41. The number of nitrogens with one attached hydrogen (secondary N) is 1. The molecule has 1 aromatic heterocycles. The lowest BCUT2D eigenvalue weighted by atomic mass is 9.75. The van der Waals surface area contributed by atoms with Gasteiger partial charge in [-0.1, -0.05) is 19.1 Å². The van der Waals surface area contributed by atoms with Crippen LogP contribution in [-0.4, -0.2) is 15.5 Å². The number of nitrogens with zero attached hydrogens (tertiary/aromatic N) is 1. The maximum atomic E-state index is 5.50. The average Bonchev–Trinajstić information content (AvgIpc) is 2.24. The Morgan fingerprint density at radius 1 is 1.56 bits per heavy atom. The minimum absolute atomic E-state index is 0.298. The molecule has 0 atom stereocenters. The van der Waals surface area contributed by atoms with Crippen LogP contribution in [0.5, 0.6) is 0 Å². The van der Waals surface area contributed by atoms with E-state index >= 15 is 0 Å². The molecule has 86 valence electrons. The standard InChI is InChI=1S/C12H17N3S/c1-2-12(6-3-7-12)15-9-4-5-10(11(13)16)14-8-9/h4-5,8,15H,2-3,6-7H2,1H3,(H2,13,16). The quantitative estimate of drug-likeness (QED) is 0.787. The van der Waals surface area contributed by atoms with E-state index < -0.39 is 0 Å². The molecule has 1 aromatic rings. The summed E-state index contributed by atoms with van der Waals surface area (Å²) in [5.41, 5.74) is 7.54. The first kappa shape index (κ1) is 11.3. The van der Waals surface area contributed by atoms with E-state index in [2.05, 4.69) is 17.2 Å². The van der Waals surface area contributed by atoms with Crippen molar-refractivity contribution in [3.8, 4) is 0 Å². The first-order valence-corrected chi connectivity index (χ1v) is 6.10. The summed E-state index contributed by atoms with van der Waals surface area (Å²) in [6.07, 6.45) is 6.79. The van der Waals surface area contributed by atoms with Gasteiger partial charge in [0.15, 0.2) is 0 Å². The minimum atomic E-state index is 0.298. The molecule has 1 heterocycles. The highest BCUT2D eigenvalue weighted by Gasteiger charge is 2.34. The maximum Gasteiger partial charge on any atom is 0.122 e. The fourth-order valence-electron chi connectivity index (χ4n) is 2.09. The van der Waals surface area contributed by atoms with Crippen molar-refractivity contribution in [2.24, 2.45) is 5.73 Å². The number of pyridine rings is 1. The van der Waals surface area contributed by atoms with Crippen LogP contribution >= 0.6 is 12.2 Å². The van der Waals surface area contributed by atoms with E-state index in [0.717, 1.165) is 12.1 Å². The van der Waals surface area contributed by atoms with Crippen molar-refractivity contribution < 1.29 is 0 Å². The van der Waals surface area contributed by atoms with Crippen LogP contribution in [0.25, 0.3) is 0 Å². The van der Waals surface area contributed by atoms with Crippen molar-refractivity contribution in [3.63, 3.8) is 0 Å². The van der Waals surface area contributed by atoms with E-state index in [1.165, 1.54) is 19.3 Å². The summed E-state index contributed by atoms with van der Waals surface area (Å²) in [6, 6.07) is 3.86. The average molecular weight is 235 g/mol. The van der Waals surface area contributed by atoms with Crippen LogP contribution in [0.2, 0.25) is 0 Å². The van der Waals surface area contributed by atoms with Crippen molar-refractivity contribution in [2.45, 2.75) is 38.1 Å². The van der Waals surface area contributed by atoms with Gasteiger partial charge in [0.05, 0.1) is 17.6 Å². The van der Waals surface area contributed by atoms with Gasteiger partial charge in [0, 0.05) is 5.54 Å². The molecule has 1 aliphatic carbocycles. The Hall–Kier alpha value is -1.16. The molecular formula is C12H17N3S. The highest BCUT2D eigenvalue weighted by Crippen LogP contribution is 2.37. The van der Waals surface area contributed by atoms with E-state index in [-0.39, 0.29) is 0 Å². The number of thiocarbonyl (C=S) groups is 1. The zero-order chi connectivity index (χ0) is 11.6. The van der Waals surface area contributed by atoms with Gasteiger partial charge in [-0.25, -0.2) is 0 Å². The van der Waals surface area contributed by atoms with Gasteiger partial charge in [0.25, 0.3) is 0 Å². The normalized spacial score (nSPS) is 17.6. The molecule has 3 nitrogen and oxygen atoms in total. The molecule has 0 radical (unpaired) electrons. The molecule has 1 aliphatic rings. The topological polar surface area (TPSA) is 50.9 Å². The van der Waals surface area contributed by atoms with Gasteiger partial charge in [0.2, 0.25) is 0 Å². The first-order chi connectivity index (χ1) is 7.65. The molecule has 0 spiro atoms. The molecule has 0 amide bonds. The van der Waals surface area contributed by atoms with Crippen LogP contribution in [0.3, 0.4) is 0 Å². The van der Waals surface area contributed by atoms with Gasteiger partial charge in [-0.2, -0.15) is 0 Å². The lowest BCUT2D eigenvalue weighted by Crippen LogP contribution is -2.44. The molecule has 1 saturated carbocycles. The minimum Gasteiger partial charge on any atom is -0.388 e. The number of aromatic nitrogens is 1. The molecule has 3 N–H and O–H groups in total. The largest absolute Gasteiger partial charge is 0.388 e. The van der Waals surface area contributed by atoms with Crippen LogP contribution in [0.4, 0.5) is 5.69 Å². The number of nitrogens with two attached hydrogens (primary N) is 1. The lowest BCUT2D eigenvalue weighted by Gasteiger charge is -2.42. The third-order valence-corrected chi connectivity index (χ3v) is 3.62. The number of hydrogen-bond acceptors (Lipinski definition) is 3. The molecule has 16 heavy (non-hydrogen) atoms. The van der Waals surface area contributed by atoms with Crippen LogP contribution in [0, 0.1) is 0 Å². The van der Waals surface area contributed by atoms with Crippen LogP contribution < -0.4 is 11.1 Å². The molecule has 0 saturated heterocycles. The molecule has 2 rings (SSSR count). The number of rotatable bonds is 4. The van der Waals surface area contributed by atoms with Gasteiger partial charge >= 0.3 is 0 Å². The second kappa shape index (κ2) is 4.37. The summed E-state index contributed by atoms with van der Waals surface area (Å²) in [6.45, 7) is 2.23. The zero-order valence-corrected chi connectivity index (χ0v) is 10.3. The maximum absolute atomic E-state index is 5.50. The van der Waals surface area contributed by atoms with Crippen molar-refractivity contribution in [2.75, 3.05) is 5.32 Å². The summed E-state index contributed by atoms with van der Waals surface area (Å²) < 4.78 is 0. The van der Waals surface area contributed by atoms with Gasteiger partial charge in [0.1, 0.15) is 4.99 Å². The van der Waals surface area contributed by atoms with Crippen molar-refractivity contribution in [1.82, 2.24) is 4.98 Å². The van der Waals surface area contributed by atoms with E-state index in [1.807, 2.05) is 18.3 Å². The molecular weight excluding hydrogens is 218 g/mol. The van der Waals surface area contributed by atoms with Gasteiger partial charge in [-0.3, -0.25) is 4.98 Å². The van der Waals surface area contributed by atoms with Crippen LogP contribution in [0.15, 0.2) is 18.3 Å². The van der Waals surface area contributed by atoms with Gasteiger partial charge in [-0.05, 0) is 37.8 Å². The van der Waals surface area contributed by atoms with Gasteiger partial charge in [-0.15, -0.1) is 0 Å². The lowest BCUT2D eigenvalue weighted by molar-refractivity contribution is 0.269. The summed E-state index contributed by atoms with van der Waals surface area (Å²) >= 11 is 4.87. The molecule has 0 aliphatic heterocycles. The fraction of sp³-hybridized carbons (Fsp3) is 0.500. The van der Waals surface area contributed by atoms with Gasteiger partial charge < -0.3 is 11.1 Å². The van der Waals surface area contributed by atoms with E-state index in [4.69, 9.17) is 18.0 Å². The number of hydrogen-bond donors (Lipinski definition) is 2. The summed E-state index contributed by atoms with van der Waals surface area (Å²) in [5.74, 6) is 0. The Bertz CT molecular complexity index is 376. The van der Waals surface area contributed by atoms with Crippen molar-refractivity contribution >= 4 is 22.9 Å².